The predicted molar refractivity (Wildman–Crippen MR) is 39.1 cm³/mol. The van der Waals surface area contributed by atoms with Crippen LogP contribution >= 0.6 is 0 Å². The van der Waals surface area contributed by atoms with E-state index in [1.54, 1.807) is 18.2 Å². The van der Waals surface area contributed by atoms with Gasteiger partial charge in [-0.1, -0.05) is 23.4 Å². The smallest absolute Gasteiger partial charge is 0.312 e. The Kier molecular flexibility index (Phi) is 1.22. The summed E-state index contributed by atoms with van der Waals surface area (Å²) in [4.78, 5) is 10.9. The van der Waals surface area contributed by atoms with E-state index in [1.807, 2.05) is 6.07 Å². The minimum atomic E-state index is -0.417. The van der Waals surface area contributed by atoms with E-state index < -0.39 is 5.63 Å². The lowest BCUT2D eigenvalue weighted by Crippen LogP contribution is -1.99. The molecular formula is C8H4NO2. The van der Waals surface area contributed by atoms with Crippen molar-refractivity contribution < 1.29 is 4.52 Å². The highest BCUT2D eigenvalue weighted by atomic mass is 16.5. The quantitative estimate of drug-likeness (QED) is 0.556. The Morgan fingerprint density at radius 2 is 2.18 bits per heavy atom. The first-order valence-electron chi connectivity index (χ1n) is 3.14. The second kappa shape index (κ2) is 2.20. The first-order chi connectivity index (χ1) is 5.38. The first kappa shape index (κ1) is 6.09. The molecule has 0 saturated carbocycles. The van der Waals surface area contributed by atoms with Crippen LogP contribution in [0.5, 0.6) is 0 Å². The van der Waals surface area contributed by atoms with Gasteiger partial charge in [-0.25, -0.2) is 4.79 Å². The van der Waals surface area contributed by atoms with Crippen LogP contribution in [0.1, 0.15) is 0 Å². The molecule has 0 N–H and O–H groups in total. The molecule has 53 valence electrons. The van der Waals surface area contributed by atoms with Crippen molar-refractivity contribution in [3.8, 4) is 0 Å². The lowest BCUT2D eigenvalue weighted by molar-refractivity contribution is 0.375. The minimum Gasteiger partial charge on any atom is -0.312 e. The third-order valence-electron chi connectivity index (χ3n) is 1.44. The van der Waals surface area contributed by atoms with Crippen LogP contribution in [0.2, 0.25) is 0 Å². The van der Waals surface area contributed by atoms with E-state index in [0.29, 0.717) is 10.8 Å². The maximum atomic E-state index is 10.9. The van der Waals surface area contributed by atoms with E-state index in [1.165, 1.54) is 0 Å². The molecule has 2 aromatic rings. The second-order valence-corrected chi connectivity index (χ2v) is 2.13. The molecular weight excluding hydrogens is 142 g/mol. The lowest BCUT2D eigenvalue weighted by atomic mass is 10.2. The van der Waals surface area contributed by atoms with Crippen molar-refractivity contribution >= 4 is 10.8 Å². The fourth-order valence-electron chi connectivity index (χ4n) is 0.921. The SMILES string of the molecule is O=c1on[c]c2ccccc12. The van der Waals surface area contributed by atoms with E-state index >= 15 is 0 Å². The summed E-state index contributed by atoms with van der Waals surface area (Å²) in [6.07, 6.45) is 2.57. The molecule has 1 aromatic heterocycles. The average Bonchev–Trinajstić information content (AvgIpc) is 2.06. The van der Waals surface area contributed by atoms with Gasteiger partial charge in [0.25, 0.3) is 0 Å². The maximum absolute atomic E-state index is 10.9. The van der Waals surface area contributed by atoms with Gasteiger partial charge in [0.05, 0.1) is 5.39 Å². The monoisotopic (exact) mass is 146 g/mol. The molecule has 0 spiro atoms. The van der Waals surface area contributed by atoms with Crippen molar-refractivity contribution in [1.29, 1.82) is 0 Å². The summed E-state index contributed by atoms with van der Waals surface area (Å²) in [5.41, 5.74) is -0.417. The molecule has 0 amide bonds. The van der Waals surface area contributed by atoms with Crippen molar-refractivity contribution in [3.63, 3.8) is 0 Å². The highest BCUT2D eigenvalue weighted by Gasteiger charge is 1.96. The van der Waals surface area contributed by atoms with Gasteiger partial charge in [0, 0.05) is 5.39 Å². The fourth-order valence-corrected chi connectivity index (χ4v) is 0.921. The summed E-state index contributed by atoms with van der Waals surface area (Å²) in [5, 5.41) is 4.50. The Labute approximate surface area is 62.3 Å². The number of nitrogens with zero attached hydrogens (tertiary/aromatic N) is 1. The van der Waals surface area contributed by atoms with E-state index in [-0.39, 0.29) is 0 Å². The van der Waals surface area contributed by atoms with Crippen molar-refractivity contribution in [1.82, 2.24) is 5.16 Å². The number of aromatic nitrogens is 1. The van der Waals surface area contributed by atoms with Gasteiger partial charge in [0.1, 0.15) is 6.20 Å². The number of hydrogen-bond acceptors (Lipinski definition) is 3. The molecule has 0 aliphatic carbocycles. The van der Waals surface area contributed by atoms with Crippen LogP contribution in [0.25, 0.3) is 10.8 Å². The Morgan fingerprint density at radius 3 is 3.00 bits per heavy atom. The highest BCUT2D eigenvalue weighted by molar-refractivity contribution is 5.79. The van der Waals surface area contributed by atoms with Gasteiger partial charge in [-0.05, 0) is 6.07 Å². The molecule has 2 rings (SSSR count). The molecule has 0 aliphatic rings. The van der Waals surface area contributed by atoms with Gasteiger partial charge in [-0.15, -0.1) is 0 Å². The van der Waals surface area contributed by atoms with Crippen LogP contribution < -0.4 is 5.63 Å². The summed E-state index contributed by atoms with van der Waals surface area (Å²) in [7, 11) is 0. The van der Waals surface area contributed by atoms with Gasteiger partial charge in [0.15, 0.2) is 0 Å². The summed E-state index contributed by atoms with van der Waals surface area (Å²) in [5.74, 6) is 0. The molecule has 0 saturated heterocycles. The number of benzene rings is 1. The third kappa shape index (κ3) is 0.902. The molecule has 3 nitrogen and oxygen atoms in total. The van der Waals surface area contributed by atoms with E-state index in [4.69, 9.17) is 0 Å². The highest BCUT2D eigenvalue weighted by Crippen LogP contribution is 2.04. The zero-order valence-corrected chi connectivity index (χ0v) is 5.57. The van der Waals surface area contributed by atoms with Gasteiger partial charge in [-0.2, -0.15) is 0 Å². The van der Waals surface area contributed by atoms with Crippen LogP contribution in [0, 0.1) is 6.20 Å². The van der Waals surface area contributed by atoms with Crippen molar-refractivity contribution in [2.45, 2.75) is 0 Å². The van der Waals surface area contributed by atoms with Crippen LogP contribution in [0.3, 0.4) is 0 Å². The zero-order valence-electron chi connectivity index (χ0n) is 5.57. The summed E-state index contributed by atoms with van der Waals surface area (Å²) in [6, 6.07) is 7.03. The van der Waals surface area contributed by atoms with Crippen molar-refractivity contribution in [3.05, 3.63) is 40.9 Å². The Balaban J connectivity index is 3.03. The number of hydrogen-bond donors (Lipinski definition) is 0. The summed E-state index contributed by atoms with van der Waals surface area (Å²) >= 11 is 0. The van der Waals surface area contributed by atoms with Crippen molar-refractivity contribution in [2.75, 3.05) is 0 Å². The molecule has 0 aliphatic heterocycles. The van der Waals surface area contributed by atoms with Crippen LogP contribution in [-0.2, 0) is 0 Å². The second-order valence-electron chi connectivity index (χ2n) is 2.13. The Morgan fingerprint density at radius 1 is 1.36 bits per heavy atom. The molecule has 1 radical (unpaired) electrons. The van der Waals surface area contributed by atoms with E-state index in [0.717, 1.165) is 0 Å². The molecule has 0 unspecified atom stereocenters. The predicted octanol–water partition coefficient (Wildman–Crippen LogP) is 0.988. The molecule has 1 aromatic carbocycles. The van der Waals surface area contributed by atoms with Crippen LogP contribution in [0.15, 0.2) is 33.6 Å². The van der Waals surface area contributed by atoms with Gasteiger partial charge in [-0.3, -0.25) is 0 Å². The molecule has 3 heteroatoms. The summed E-state index contributed by atoms with van der Waals surface area (Å²) < 4.78 is 4.38. The Hall–Kier alpha value is -1.64. The number of fused-ring (bicyclic) bond motifs is 1. The molecule has 0 fully saturated rings. The third-order valence-corrected chi connectivity index (χ3v) is 1.44. The van der Waals surface area contributed by atoms with E-state index in [9.17, 15) is 4.79 Å². The molecule has 11 heavy (non-hydrogen) atoms. The van der Waals surface area contributed by atoms with Gasteiger partial charge < -0.3 is 4.52 Å². The maximum Gasteiger partial charge on any atom is 0.366 e. The summed E-state index contributed by atoms with van der Waals surface area (Å²) in [6.45, 7) is 0. The van der Waals surface area contributed by atoms with Crippen molar-refractivity contribution in [2.24, 2.45) is 0 Å². The van der Waals surface area contributed by atoms with E-state index in [2.05, 4.69) is 15.9 Å². The fraction of sp³-hybridized carbons (Fsp3) is 0. The first-order valence-corrected chi connectivity index (χ1v) is 3.14. The van der Waals surface area contributed by atoms with Crippen LogP contribution in [-0.4, -0.2) is 5.16 Å². The number of rotatable bonds is 0. The van der Waals surface area contributed by atoms with Gasteiger partial charge >= 0.3 is 5.63 Å². The molecule has 0 bridgehead atoms. The van der Waals surface area contributed by atoms with Gasteiger partial charge in [0.2, 0.25) is 0 Å². The van der Waals surface area contributed by atoms with Crippen LogP contribution in [0.4, 0.5) is 0 Å². The standard InChI is InChI=1S/C8H4NO2/c10-8-7-4-2-1-3-6(7)5-9-11-8/h1-4H. The topological polar surface area (TPSA) is 43.1 Å². The zero-order chi connectivity index (χ0) is 7.68. The molecule has 1 heterocycles. The largest absolute Gasteiger partial charge is 0.366 e. The average molecular weight is 146 g/mol. The normalized spacial score (nSPS) is 10.2. The minimum absolute atomic E-state index is 0.417. The Bertz CT molecular complexity index is 428. The lowest BCUT2D eigenvalue weighted by Gasteiger charge is -1.88. The molecule has 0 atom stereocenters.